The van der Waals surface area contributed by atoms with E-state index in [-0.39, 0.29) is 16.5 Å². The molecule has 0 amide bonds. The largest absolute Gasteiger partial charge is 0.381 e. The van der Waals surface area contributed by atoms with Crippen LogP contribution in [0.3, 0.4) is 0 Å². The Morgan fingerprint density at radius 3 is 2.42 bits per heavy atom. The molecular weight excluding hydrogens is 262 g/mol. The number of nitrogens with one attached hydrogen (secondary N) is 1. The van der Waals surface area contributed by atoms with Gasteiger partial charge in [0.15, 0.2) is 9.84 Å². The molecule has 1 saturated heterocycles. The zero-order chi connectivity index (χ0) is 13.9. The smallest absolute Gasteiger partial charge is 0.157 e. The Labute approximate surface area is 117 Å². The summed E-state index contributed by atoms with van der Waals surface area (Å²) in [6.07, 6.45) is 5.42. The van der Waals surface area contributed by atoms with Crippen LogP contribution < -0.4 is 5.32 Å². The number of hydrogen-bond acceptors (Lipinski definition) is 4. The molecule has 1 N–H and O–H groups in total. The lowest BCUT2D eigenvalue weighted by Crippen LogP contribution is -2.50. The molecule has 0 aromatic carbocycles. The Kier molecular flexibility index (Phi) is 5.26. The summed E-state index contributed by atoms with van der Waals surface area (Å²) in [6, 6.07) is 0.135. The monoisotopic (exact) mass is 289 g/mol. The van der Waals surface area contributed by atoms with Gasteiger partial charge >= 0.3 is 0 Å². The third kappa shape index (κ3) is 3.31. The molecule has 1 aliphatic carbocycles. The minimum atomic E-state index is -3.03. The highest BCUT2D eigenvalue weighted by Gasteiger charge is 2.42. The zero-order valence-electron chi connectivity index (χ0n) is 12.1. The third-order valence-corrected chi connectivity index (χ3v) is 7.67. The average molecular weight is 289 g/mol. The average Bonchev–Trinajstić information content (AvgIpc) is 2.47. The lowest BCUT2D eigenvalue weighted by Gasteiger charge is -2.38. The molecule has 1 aliphatic heterocycles. The van der Waals surface area contributed by atoms with Crippen molar-refractivity contribution in [3.63, 3.8) is 0 Å². The third-order valence-electron chi connectivity index (χ3n) is 4.90. The zero-order valence-corrected chi connectivity index (χ0v) is 12.9. The van der Waals surface area contributed by atoms with Gasteiger partial charge in [-0.05, 0) is 45.1 Å². The van der Waals surface area contributed by atoms with Crippen molar-refractivity contribution in [2.45, 2.75) is 62.0 Å². The molecule has 3 atom stereocenters. The van der Waals surface area contributed by atoms with Gasteiger partial charge in [-0.2, -0.15) is 0 Å². The number of ether oxygens (including phenoxy) is 1. The second-order valence-corrected chi connectivity index (χ2v) is 8.37. The van der Waals surface area contributed by atoms with Crippen molar-refractivity contribution in [2.24, 2.45) is 5.92 Å². The quantitative estimate of drug-likeness (QED) is 0.856. The first-order chi connectivity index (χ1) is 9.09. The minimum absolute atomic E-state index is 0.135. The molecule has 19 heavy (non-hydrogen) atoms. The van der Waals surface area contributed by atoms with Crippen LogP contribution in [0.25, 0.3) is 0 Å². The van der Waals surface area contributed by atoms with Crippen LogP contribution in [0.5, 0.6) is 0 Å². The normalized spacial score (nSPS) is 34.3. The molecule has 2 fully saturated rings. The van der Waals surface area contributed by atoms with E-state index in [9.17, 15) is 8.42 Å². The molecule has 1 heterocycles. The number of rotatable bonds is 4. The van der Waals surface area contributed by atoms with Crippen LogP contribution in [0.1, 0.15) is 45.4 Å². The fourth-order valence-corrected chi connectivity index (χ4v) is 6.14. The number of hydrogen-bond donors (Lipinski definition) is 1. The molecule has 0 radical (unpaired) electrons. The van der Waals surface area contributed by atoms with E-state index in [1.165, 1.54) is 0 Å². The van der Waals surface area contributed by atoms with E-state index >= 15 is 0 Å². The van der Waals surface area contributed by atoms with E-state index in [1.54, 1.807) is 0 Å². The fraction of sp³-hybridized carbons (Fsp3) is 1.00. The van der Waals surface area contributed by atoms with Crippen molar-refractivity contribution in [2.75, 3.05) is 20.3 Å². The van der Waals surface area contributed by atoms with Crippen molar-refractivity contribution in [1.82, 2.24) is 5.32 Å². The molecule has 0 spiro atoms. The van der Waals surface area contributed by atoms with Gasteiger partial charge in [0.05, 0.1) is 10.5 Å². The van der Waals surface area contributed by atoms with Crippen LogP contribution in [-0.2, 0) is 14.6 Å². The van der Waals surface area contributed by atoms with E-state index in [2.05, 4.69) is 12.2 Å². The van der Waals surface area contributed by atoms with Crippen LogP contribution >= 0.6 is 0 Å². The predicted molar refractivity (Wildman–Crippen MR) is 77.0 cm³/mol. The summed E-state index contributed by atoms with van der Waals surface area (Å²) in [5, 5.41) is 2.86. The SMILES string of the molecule is CCC1CCC(NC)C(S(=O)(=O)C2CCOCC2)C1. The van der Waals surface area contributed by atoms with E-state index in [0.29, 0.717) is 32.0 Å². The Hall–Kier alpha value is -0.130. The summed E-state index contributed by atoms with van der Waals surface area (Å²) < 4.78 is 31.0. The lowest BCUT2D eigenvalue weighted by atomic mass is 9.84. The molecule has 0 aromatic heterocycles. The van der Waals surface area contributed by atoms with Crippen molar-refractivity contribution in [3.05, 3.63) is 0 Å². The van der Waals surface area contributed by atoms with Crippen LogP contribution in [0.2, 0.25) is 0 Å². The molecule has 0 aromatic rings. The van der Waals surface area contributed by atoms with Crippen LogP contribution in [0.4, 0.5) is 0 Å². The predicted octanol–water partition coefficient (Wildman–Crippen LogP) is 1.75. The fourth-order valence-electron chi connectivity index (χ4n) is 3.53. The summed E-state index contributed by atoms with van der Waals surface area (Å²) in [5.41, 5.74) is 0. The molecule has 3 unspecified atom stereocenters. The molecule has 112 valence electrons. The standard InChI is InChI=1S/C14H27NO3S/c1-3-11-4-5-13(15-2)14(10-11)19(16,17)12-6-8-18-9-7-12/h11-15H,3-10H2,1-2H3. The first-order valence-electron chi connectivity index (χ1n) is 7.57. The van der Waals surface area contributed by atoms with E-state index in [0.717, 1.165) is 25.7 Å². The molecule has 2 aliphatic rings. The van der Waals surface area contributed by atoms with Gasteiger partial charge in [0.1, 0.15) is 0 Å². The Balaban J connectivity index is 2.14. The van der Waals surface area contributed by atoms with E-state index in [4.69, 9.17) is 4.74 Å². The van der Waals surface area contributed by atoms with Crippen LogP contribution in [-0.4, -0.2) is 45.2 Å². The maximum absolute atomic E-state index is 12.9. The maximum atomic E-state index is 12.9. The topological polar surface area (TPSA) is 55.4 Å². The van der Waals surface area contributed by atoms with Gasteiger partial charge in [0.25, 0.3) is 0 Å². The van der Waals surface area contributed by atoms with Gasteiger partial charge in [-0.3, -0.25) is 0 Å². The van der Waals surface area contributed by atoms with Gasteiger partial charge in [-0.15, -0.1) is 0 Å². The Morgan fingerprint density at radius 2 is 1.84 bits per heavy atom. The van der Waals surface area contributed by atoms with Crippen LogP contribution in [0, 0.1) is 5.92 Å². The minimum Gasteiger partial charge on any atom is -0.381 e. The highest BCUT2D eigenvalue weighted by molar-refractivity contribution is 7.92. The second-order valence-electron chi connectivity index (χ2n) is 5.92. The second kappa shape index (κ2) is 6.55. The summed E-state index contributed by atoms with van der Waals surface area (Å²) >= 11 is 0. The number of sulfone groups is 1. The summed E-state index contributed by atoms with van der Waals surface area (Å²) in [4.78, 5) is 0. The van der Waals surface area contributed by atoms with E-state index < -0.39 is 9.84 Å². The van der Waals surface area contributed by atoms with Gasteiger partial charge in [-0.1, -0.05) is 13.3 Å². The van der Waals surface area contributed by atoms with Gasteiger partial charge < -0.3 is 10.1 Å². The van der Waals surface area contributed by atoms with Crippen molar-refractivity contribution >= 4 is 9.84 Å². The van der Waals surface area contributed by atoms with E-state index in [1.807, 2.05) is 7.05 Å². The first-order valence-corrected chi connectivity index (χ1v) is 9.18. The van der Waals surface area contributed by atoms with Gasteiger partial charge in [0.2, 0.25) is 0 Å². The molecule has 1 saturated carbocycles. The molecule has 5 heteroatoms. The molecule has 0 bridgehead atoms. The summed E-state index contributed by atoms with van der Waals surface area (Å²) in [5.74, 6) is 0.573. The molecular formula is C14H27NO3S. The first kappa shape index (κ1) is 15.3. The summed E-state index contributed by atoms with van der Waals surface area (Å²) in [7, 11) is -1.14. The summed E-state index contributed by atoms with van der Waals surface area (Å²) in [6.45, 7) is 3.36. The molecule has 2 rings (SSSR count). The van der Waals surface area contributed by atoms with Gasteiger partial charge in [-0.25, -0.2) is 8.42 Å². The van der Waals surface area contributed by atoms with Crippen molar-refractivity contribution in [3.8, 4) is 0 Å². The maximum Gasteiger partial charge on any atom is 0.157 e. The Morgan fingerprint density at radius 1 is 1.16 bits per heavy atom. The van der Waals surface area contributed by atoms with Crippen LogP contribution in [0.15, 0.2) is 0 Å². The van der Waals surface area contributed by atoms with Gasteiger partial charge in [0, 0.05) is 19.3 Å². The van der Waals surface area contributed by atoms with Crippen molar-refractivity contribution in [1.29, 1.82) is 0 Å². The Bertz CT molecular complexity index is 376. The van der Waals surface area contributed by atoms with Crippen molar-refractivity contribution < 1.29 is 13.2 Å². The highest BCUT2D eigenvalue weighted by atomic mass is 32.2. The molecule has 4 nitrogen and oxygen atoms in total. The highest BCUT2D eigenvalue weighted by Crippen LogP contribution is 2.34. The lowest BCUT2D eigenvalue weighted by molar-refractivity contribution is 0.0979.